The number of amides is 1. The Morgan fingerprint density at radius 1 is 1.22 bits per heavy atom. The minimum Gasteiger partial charge on any atom is -0.489 e. The molecule has 0 saturated heterocycles. The van der Waals surface area contributed by atoms with E-state index in [1.807, 2.05) is 55.5 Å². The molecule has 0 bridgehead atoms. The Hall–Kier alpha value is -2.33. The number of ether oxygens (including phenoxy) is 2. The number of nitrogens with one attached hydrogen (secondary N) is 1. The van der Waals surface area contributed by atoms with E-state index in [4.69, 9.17) is 9.47 Å². The van der Waals surface area contributed by atoms with Gasteiger partial charge in [-0.2, -0.15) is 0 Å². The molecule has 0 aromatic heterocycles. The lowest BCUT2D eigenvalue weighted by atomic mass is 9.78. The molecule has 0 spiro atoms. The van der Waals surface area contributed by atoms with Crippen LogP contribution in [0.2, 0.25) is 0 Å². The number of carbonyl (C=O) groups is 1. The SMILES string of the molecule is CO[C@@]1(C(=O)Nc2ccc(OCc3ccccc3)c(C)c2)CCC[C@H](C)C1. The van der Waals surface area contributed by atoms with Crippen molar-refractivity contribution in [1.82, 2.24) is 0 Å². The normalized spacial score (nSPS) is 22.3. The number of carbonyl (C=O) groups excluding carboxylic acids is 1. The first-order chi connectivity index (χ1) is 13.0. The number of aryl methyl sites for hydroxylation is 1. The minimum atomic E-state index is -0.714. The lowest BCUT2D eigenvalue weighted by molar-refractivity contribution is -0.143. The minimum absolute atomic E-state index is 0.0473. The Morgan fingerprint density at radius 2 is 2.00 bits per heavy atom. The van der Waals surface area contributed by atoms with Crippen molar-refractivity contribution in [3.8, 4) is 5.75 Å². The van der Waals surface area contributed by atoms with Gasteiger partial charge in [-0.15, -0.1) is 0 Å². The van der Waals surface area contributed by atoms with Crippen LogP contribution in [0.25, 0.3) is 0 Å². The average molecular weight is 367 g/mol. The summed E-state index contributed by atoms with van der Waals surface area (Å²) < 4.78 is 11.6. The summed E-state index contributed by atoms with van der Waals surface area (Å²) in [6.07, 6.45) is 3.72. The van der Waals surface area contributed by atoms with Gasteiger partial charge in [0.05, 0.1) is 0 Å². The first-order valence-electron chi connectivity index (χ1n) is 9.66. The van der Waals surface area contributed by atoms with E-state index in [0.29, 0.717) is 12.5 Å². The molecule has 0 heterocycles. The van der Waals surface area contributed by atoms with Crippen molar-refractivity contribution in [3.05, 3.63) is 59.7 Å². The van der Waals surface area contributed by atoms with Crippen molar-refractivity contribution in [2.75, 3.05) is 12.4 Å². The van der Waals surface area contributed by atoms with Gasteiger partial charge in [0.1, 0.15) is 18.0 Å². The second-order valence-corrected chi connectivity index (χ2v) is 7.61. The van der Waals surface area contributed by atoms with Gasteiger partial charge in [-0.25, -0.2) is 0 Å². The summed E-state index contributed by atoms with van der Waals surface area (Å²) in [5.41, 5.74) is 2.18. The smallest absolute Gasteiger partial charge is 0.256 e. The molecule has 2 atom stereocenters. The Labute approximate surface area is 161 Å². The van der Waals surface area contributed by atoms with Crippen LogP contribution in [0.3, 0.4) is 0 Å². The van der Waals surface area contributed by atoms with Crippen LogP contribution in [-0.4, -0.2) is 18.6 Å². The van der Waals surface area contributed by atoms with E-state index < -0.39 is 5.60 Å². The zero-order valence-corrected chi connectivity index (χ0v) is 16.5. The fourth-order valence-electron chi connectivity index (χ4n) is 3.86. The summed E-state index contributed by atoms with van der Waals surface area (Å²) in [6.45, 7) is 4.70. The van der Waals surface area contributed by atoms with Crippen LogP contribution in [0.4, 0.5) is 5.69 Å². The van der Waals surface area contributed by atoms with Gasteiger partial charge < -0.3 is 14.8 Å². The predicted octanol–water partition coefficient (Wildman–Crippen LogP) is 5.11. The van der Waals surface area contributed by atoms with Gasteiger partial charge in [0.2, 0.25) is 0 Å². The zero-order valence-electron chi connectivity index (χ0n) is 16.5. The number of methoxy groups -OCH3 is 1. The molecule has 0 aliphatic heterocycles. The van der Waals surface area contributed by atoms with Gasteiger partial charge >= 0.3 is 0 Å². The summed E-state index contributed by atoms with van der Waals surface area (Å²) in [6, 6.07) is 15.8. The number of hydrogen-bond donors (Lipinski definition) is 1. The molecule has 0 unspecified atom stereocenters. The Kier molecular flexibility index (Phi) is 6.17. The molecule has 2 aromatic rings. The van der Waals surface area contributed by atoms with Gasteiger partial charge in [0.25, 0.3) is 5.91 Å². The fourth-order valence-corrected chi connectivity index (χ4v) is 3.86. The number of rotatable bonds is 6. The van der Waals surface area contributed by atoms with Crippen LogP contribution in [0.1, 0.15) is 43.7 Å². The van der Waals surface area contributed by atoms with Gasteiger partial charge in [0.15, 0.2) is 0 Å². The number of hydrogen-bond acceptors (Lipinski definition) is 3. The van der Waals surface area contributed by atoms with Crippen molar-refractivity contribution < 1.29 is 14.3 Å². The van der Waals surface area contributed by atoms with Crippen LogP contribution in [0, 0.1) is 12.8 Å². The molecule has 0 radical (unpaired) electrons. The molecule has 1 fully saturated rings. The molecule has 144 valence electrons. The molecule has 3 rings (SSSR count). The first kappa shape index (κ1) is 19.4. The van der Waals surface area contributed by atoms with Gasteiger partial charge in [0, 0.05) is 12.8 Å². The van der Waals surface area contributed by atoms with Gasteiger partial charge in [-0.05, 0) is 61.4 Å². The second-order valence-electron chi connectivity index (χ2n) is 7.61. The molecule has 4 nitrogen and oxygen atoms in total. The van der Waals surface area contributed by atoms with Crippen LogP contribution in [0.15, 0.2) is 48.5 Å². The Morgan fingerprint density at radius 3 is 2.67 bits per heavy atom. The van der Waals surface area contributed by atoms with Crippen molar-refractivity contribution in [2.45, 2.75) is 51.7 Å². The zero-order chi connectivity index (χ0) is 19.3. The summed E-state index contributed by atoms with van der Waals surface area (Å²) in [5.74, 6) is 1.28. The summed E-state index contributed by atoms with van der Waals surface area (Å²) >= 11 is 0. The summed E-state index contributed by atoms with van der Waals surface area (Å²) in [7, 11) is 1.64. The predicted molar refractivity (Wildman–Crippen MR) is 108 cm³/mol. The molecule has 1 saturated carbocycles. The quantitative estimate of drug-likeness (QED) is 0.772. The lowest BCUT2D eigenvalue weighted by Crippen LogP contribution is -2.47. The highest BCUT2D eigenvalue weighted by atomic mass is 16.5. The molecule has 27 heavy (non-hydrogen) atoms. The van der Waals surface area contributed by atoms with Crippen molar-refractivity contribution in [3.63, 3.8) is 0 Å². The molecule has 1 amide bonds. The monoisotopic (exact) mass is 367 g/mol. The molecule has 1 aliphatic carbocycles. The maximum Gasteiger partial charge on any atom is 0.256 e. The van der Waals surface area contributed by atoms with Gasteiger partial charge in [-0.3, -0.25) is 4.79 Å². The highest BCUT2D eigenvalue weighted by molar-refractivity contribution is 5.97. The molecular weight excluding hydrogens is 338 g/mol. The van der Waals surface area contributed by atoms with Crippen LogP contribution < -0.4 is 10.1 Å². The first-order valence-corrected chi connectivity index (χ1v) is 9.66. The van der Waals surface area contributed by atoms with E-state index in [2.05, 4.69) is 12.2 Å². The van der Waals surface area contributed by atoms with Crippen LogP contribution >= 0.6 is 0 Å². The van der Waals surface area contributed by atoms with Gasteiger partial charge in [-0.1, -0.05) is 43.7 Å². The number of anilines is 1. The van der Waals surface area contributed by atoms with Crippen molar-refractivity contribution in [1.29, 1.82) is 0 Å². The van der Waals surface area contributed by atoms with E-state index in [9.17, 15) is 4.79 Å². The Balaban J connectivity index is 1.65. The lowest BCUT2D eigenvalue weighted by Gasteiger charge is -2.37. The number of benzene rings is 2. The van der Waals surface area contributed by atoms with Crippen molar-refractivity contribution >= 4 is 11.6 Å². The molecule has 4 heteroatoms. The van der Waals surface area contributed by atoms with E-state index >= 15 is 0 Å². The third kappa shape index (κ3) is 4.69. The second kappa shape index (κ2) is 8.57. The largest absolute Gasteiger partial charge is 0.489 e. The highest BCUT2D eigenvalue weighted by Gasteiger charge is 2.42. The fraction of sp³-hybridized carbons (Fsp3) is 0.435. The maximum atomic E-state index is 12.9. The van der Waals surface area contributed by atoms with E-state index in [0.717, 1.165) is 48.2 Å². The summed E-state index contributed by atoms with van der Waals surface area (Å²) in [5, 5.41) is 3.05. The third-order valence-electron chi connectivity index (χ3n) is 5.43. The molecular formula is C23H29NO3. The van der Waals surface area contributed by atoms with Crippen LogP contribution in [0.5, 0.6) is 5.75 Å². The van der Waals surface area contributed by atoms with Crippen molar-refractivity contribution in [2.24, 2.45) is 5.92 Å². The molecule has 2 aromatic carbocycles. The molecule has 1 N–H and O–H groups in total. The van der Waals surface area contributed by atoms with E-state index in [1.54, 1.807) is 7.11 Å². The average Bonchev–Trinajstić information content (AvgIpc) is 2.68. The van der Waals surface area contributed by atoms with E-state index in [1.165, 1.54) is 0 Å². The Bertz CT molecular complexity index is 774. The molecule has 1 aliphatic rings. The standard InChI is InChI=1S/C23H29NO3/c1-17-8-7-13-23(15-17,26-3)22(25)24-20-11-12-21(18(2)14-20)27-16-19-9-5-4-6-10-19/h4-6,9-12,14,17H,7-8,13,15-16H2,1-3H3,(H,24,25)/t17-,23-/m0/s1. The van der Waals surface area contributed by atoms with E-state index in [-0.39, 0.29) is 5.91 Å². The maximum absolute atomic E-state index is 12.9. The topological polar surface area (TPSA) is 47.6 Å². The highest BCUT2D eigenvalue weighted by Crippen LogP contribution is 2.36. The summed E-state index contributed by atoms with van der Waals surface area (Å²) in [4.78, 5) is 12.9. The third-order valence-corrected chi connectivity index (χ3v) is 5.43. The van der Waals surface area contributed by atoms with Crippen LogP contribution in [-0.2, 0) is 16.1 Å².